The Morgan fingerprint density at radius 1 is 1.47 bits per heavy atom. The van der Waals surface area contributed by atoms with E-state index < -0.39 is 6.03 Å². The Hall–Kier alpha value is -2.51. The summed E-state index contributed by atoms with van der Waals surface area (Å²) in [5, 5.41) is 3.41. The van der Waals surface area contributed by atoms with Crippen LogP contribution in [-0.4, -0.2) is 17.9 Å². The fourth-order valence-electron chi connectivity index (χ4n) is 1.43. The van der Waals surface area contributed by atoms with E-state index in [1.807, 2.05) is 0 Å². The summed E-state index contributed by atoms with van der Waals surface area (Å²) in [4.78, 5) is 21.0. The number of fused-ring (bicyclic) bond motifs is 1. The quantitative estimate of drug-likeness (QED) is 0.586. The highest BCUT2D eigenvalue weighted by atomic mass is 16.7. The van der Waals surface area contributed by atoms with E-state index in [2.05, 4.69) is 10.7 Å². The highest BCUT2D eigenvalue weighted by molar-refractivity contribution is 5.70. The molecule has 90 valence electrons. The maximum atomic E-state index is 10.6. The van der Waals surface area contributed by atoms with Crippen molar-refractivity contribution in [2.24, 2.45) is 11.0 Å². The number of primary amides is 1. The van der Waals surface area contributed by atoms with E-state index in [0.29, 0.717) is 11.5 Å². The fourth-order valence-corrected chi connectivity index (χ4v) is 1.43. The van der Waals surface area contributed by atoms with Gasteiger partial charge in [0, 0.05) is 0 Å². The predicted molar refractivity (Wildman–Crippen MR) is 56.6 cm³/mol. The number of nitrogens with zero attached hydrogens (tertiary/aromatic N) is 2. The van der Waals surface area contributed by atoms with Gasteiger partial charge in [0.05, 0.1) is 11.8 Å². The molecule has 0 saturated heterocycles. The summed E-state index contributed by atoms with van der Waals surface area (Å²) in [6.45, 7) is 0.261. The summed E-state index contributed by atoms with van der Waals surface area (Å²) < 4.78 is 10.3. The van der Waals surface area contributed by atoms with Crippen molar-refractivity contribution < 1.29 is 14.3 Å². The Bertz CT molecular complexity index is 451. The van der Waals surface area contributed by atoms with Gasteiger partial charge in [0.1, 0.15) is 0 Å². The molecule has 1 aromatic rings. The van der Waals surface area contributed by atoms with Crippen LogP contribution in [0, 0.1) is 4.91 Å². The van der Waals surface area contributed by atoms with Crippen molar-refractivity contribution in [3.05, 3.63) is 28.7 Å². The molecule has 0 aliphatic carbocycles. The van der Waals surface area contributed by atoms with Gasteiger partial charge in [-0.1, -0.05) is 6.07 Å². The van der Waals surface area contributed by atoms with Crippen LogP contribution in [-0.2, 0) is 6.54 Å². The normalized spacial score (nSPS) is 12.0. The standard InChI is InChI=1S/C9H10N4O4/c10-9(14)11-13(12-15)4-6-1-2-7-8(3-6)17-5-16-7/h1-3H,4-5H2,(H3,10,11,14). The van der Waals surface area contributed by atoms with Crippen LogP contribution in [0.25, 0.3) is 0 Å². The van der Waals surface area contributed by atoms with Gasteiger partial charge in [0.2, 0.25) is 6.79 Å². The average Bonchev–Trinajstić information content (AvgIpc) is 2.74. The maximum Gasteiger partial charge on any atom is 0.332 e. The molecule has 1 aliphatic rings. The largest absolute Gasteiger partial charge is 0.454 e. The zero-order valence-electron chi connectivity index (χ0n) is 8.75. The molecule has 1 aliphatic heterocycles. The molecular formula is C9H10N4O4. The lowest BCUT2D eigenvalue weighted by atomic mass is 10.2. The molecule has 0 saturated carbocycles. The van der Waals surface area contributed by atoms with E-state index in [-0.39, 0.29) is 13.3 Å². The minimum Gasteiger partial charge on any atom is -0.454 e. The summed E-state index contributed by atoms with van der Waals surface area (Å²) >= 11 is 0. The number of rotatable bonds is 4. The predicted octanol–water partition coefficient (Wildman–Crippen LogP) is 0.482. The summed E-state index contributed by atoms with van der Waals surface area (Å²) in [6, 6.07) is 4.29. The highest BCUT2D eigenvalue weighted by Gasteiger charge is 2.14. The molecule has 1 heterocycles. The Morgan fingerprint density at radius 2 is 2.24 bits per heavy atom. The Labute approximate surface area is 96.2 Å². The number of nitroso groups, excluding NO2 is 1. The summed E-state index contributed by atoms with van der Waals surface area (Å²) in [7, 11) is 0. The lowest BCUT2D eigenvalue weighted by Gasteiger charge is -2.14. The summed E-state index contributed by atoms with van der Waals surface area (Å²) in [5.74, 6) is 1.23. The number of nitrogens with two attached hydrogens (primary N) is 1. The molecule has 1 aromatic carbocycles. The molecule has 2 rings (SSSR count). The van der Waals surface area contributed by atoms with Crippen LogP contribution in [0.15, 0.2) is 23.5 Å². The van der Waals surface area contributed by atoms with Crippen molar-refractivity contribution in [3.8, 4) is 11.5 Å². The maximum absolute atomic E-state index is 10.6. The van der Waals surface area contributed by atoms with Crippen molar-refractivity contribution in [1.82, 2.24) is 10.5 Å². The number of urea groups is 1. The van der Waals surface area contributed by atoms with Crippen LogP contribution in [0.4, 0.5) is 4.79 Å². The van der Waals surface area contributed by atoms with Gasteiger partial charge in [-0.15, -0.1) is 4.91 Å². The van der Waals surface area contributed by atoms with Crippen LogP contribution in [0.1, 0.15) is 5.56 Å². The molecule has 0 radical (unpaired) electrons. The third-order valence-electron chi connectivity index (χ3n) is 2.11. The smallest absolute Gasteiger partial charge is 0.332 e. The second-order valence-electron chi connectivity index (χ2n) is 3.30. The van der Waals surface area contributed by atoms with Gasteiger partial charge in [0.25, 0.3) is 0 Å². The van der Waals surface area contributed by atoms with Gasteiger partial charge in [-0.25, -0.2) is 10.2 Å². The van der Waals surface area contributed by atoms with Gasteiger partial charge in [0.15, 0.2) is 11.5 Å². The van der Waals surface area contributed by atoms with Crippen LogP contribution in [0.2, 0.25) is 0 Å². The third kappa shape index (κ3) is 2.54. The van der Waals surface area contributed by atoms with E-state index in [0.717, 1.165) is 10.7 Å². The number of ether oxygens (including phenoxy) is 2. The number of hydrogen-bond acceptors (Lipinski definition) is 5. The fraction of sp³-hybridized carbons (Fsp3) is 0.222. The molecule has 0 bridgehead atoms. The minimum atomic E-state index is -0.856. The Morgan fingerprint density at radius 3 is 2.94 bits per heavy atom. The minimum absolute atomic E-state index is 0.0864. The van der Waals surface area contributed by atoms with E-state index >= 15 is 0 Å². The first kappa shape index (κ1) is 11.0. The van der Waals surface area contributed by atoms with Crippen LogP contribution in [0.5, 0.6) is 11.5 Å². The zero-order chi connectivity index (χ0) is 12.3. The van der Waals surface area contributed by atoms with Crippen LogP contribution in [0.3, 0.4) is 0 Å². The monoisotopic (exact) mass is 238 g/mol. The Balaban J connectivity index is 2.07. The molecule has 8 nitrogen and oxygen atoms in total. The first-order valence-corrected chi connectivity index (χ1v) is 4.74. The third-order valence-corrected chi connectivity index (χ3v) is 2.11. The molecule has 3 N–H and O–H groups in total. The Kier molecular flexibility index (Phi) is 2.95. The second kappa shape index (κ2) is 4.56. The summed E-state index contributed by atoms with van der Waals surface area (Å²) in [5.41, 5.74) is 7.67. The number of hydrogen-bond donors (Lipinski definition) is 2. The molecule has 0 spiro atoms. The van der Waals surface area contributed by atoms with Crippen molar-refractivity contribution in [2.45, 2.75) is 6.54 Å². The lowest BCUT2D eigenvalue weighted by Crippen LogP contribution is -2.41. The molecule has 17 heavy (non-hydrogen) atoms. The van der Waals surface area contributed by atoms with Crippen molar-refractivity contribution in [3.63, 3.8) is 0 Å². The van der Waals surface area contributed by atoms with Gasteiger partial charge in [-0.05, 0) is 17.7 Å². The first-order valence-electron chi connectivity index (χ1n) is 4.74. The highest BCUT2D eigenvalue weighted by Crippen LogP contribution is 2.32. The molecule has 0 atom stereocenters. The zero-order valence-corrected chi connectivity index (χ0v) is 8.75. The van der Waals surface area contributed by atoms with Crippen LogP contribution < -0.4 is 20.6 Å². The number of benzene rings is 1. The number of hydrazine groups is 1. The van der Waals surface area contributed by atoms with E-state index in [4.69, 9.17) is 15.2 Å². The number of carbonyl (C=O) groups excluding carboxylic acids is 1. The van der Waals surface area contributed by atoms with E-state index in [1.165, 1.54) is 0 Å². The second-order valence-corrected chi connectivity index (χ2v) is 3.30. The molecule has 0 aromatic heterocycles. The molecular weight excluding hydrogens is 228 g/mol. The lowest BCUT2D eigenvalue weighted by molar-refractivity contribution is 0.173. The SMILES string of the molecule is NC(=O)NN(Cc1ccc2c(c1)OCO2)N=O. The van der Waals surface area contributed by atoms with Crippen molar-refractivity contribution in [2.75, 3.05) is 6.79 Å². The number of carbonyl (C=O) groups is 1. The molecule has 8 heteroatoms. The number of nitrogens with one attached hydrogen (secondary N) is 1. The number of amides is 2. The van der Waals surface area contributed by atoms with E-state index in [9.17, 15) is 9.70 Å². The van der Waals surface area contributed by atoms with Crippen molar-refractivity contribution in [1.29, 1.82) is 0 Å². The van der Waals surface area contributed by atoms with Crippen molar-refractivity contribution >= 4 is 6.03 Å². The average molecular weight is 238 g/mol. The molecule has 0 unspecified atom stereocenters. The first-order chi connectivity index (χ1) is 8.19. The van der Waals surface area contributed by atoms with Gasteiger partial charge < -0.3 is 15.2 Å². The summed E-state index contributed by atoms with van der Waals surface area (Å²) in [6.07, 6.45) is 0. The van der Waals surface area contributed by atoms with Gasteiger partial charge >= 0.3 is 6.03 Å². The molecule has 0 fully saturated rings. The van der Waals surface area contributed by atoms with Gasteiger partial charge in [-0.2, -0.15) is 5.12 Å². The topological polar surface area (TPSA) is 106 Å². The molecule has 2 amide bonds. The van der Waals surface area contributed by atoms with Gasteiger partial charge in [-0.3, -0.25) is 0 Å². The van der Waals surface area contributed by atoms with Crippen LogP contribution >= 0.6 is 0 Å². The van der Waals surface area contributed by atoms with E-state index in [1.54, 1.807) is 18.2 Å².